The van der Waals surface area contributed by atoms with Gasteiger partial charge in [0.25, 0.3) is 21.8 Å². The van der Waals surface area contributed by atoms with Crippen LogP contribution in [0.1, 0.15) is 51.4 Å². The van der Waals surface area contributed by atoms with Gasteiger partial charge in [-0.2, -0.15) is 0 Å². The van der Waals surface area contributed by atoms with Gasteiger partial charge in [-0.05, 0) is 63.1 Å². The van der Waals surface area contributed by atoms with Gasteiger partial charge in [-0.1, -0.05) is 40.6 Å². The van der Waals surface area contributed by atoms with Crippen LogP contribution in [0.15, 0.2) is 45.8 Å². The van der Waals surface area contributed by atoms with Gasteiger partial charge >= 0.3 is 6.09 Å². The maximum Gasteiger partial charge on any atom is 0.405 e. The Morgan fingerprint density at radius 1 is 1.16 bits per heavy atom. The minimum absolute atomic E-state index is 0.0964. The molecule has 206 valence electrons. The number of rotatable bonds is 4. The molecule has 4 rings (SSSR count). The minimum Gasteiger partial charge on any atom is -0.436 e. The van der Waals surface area contributed by atoms with Crippen molar-refractivity contribution in [3.63, 3.8) is 0 Å². The van der Waals surface area contributed by atoms with E-state index in [1.807, 2.05) is 12.2 Å². The molecule has 0 spiro atoms. The van der Waals surface area contributed by atoms with Gasteiger partial charge in [0.05, 0.1) is 4.90 Å². The molecular formula is C25H31BrN4O7S. The number of ether oxygens (including phenoxy) is 1. The second-order valence-electron chi connectivity index (χ2n) is 9.84. The highest BCUT2D eigenvalue weighted by Crippen LogP contribution is 2.45. The number of benzene rings is 1. The van der Waals surface area contributed by atoms with Crippen LogP contribution in [0.25, 0.3) is 0 Å². The lowest BCUT2D eigenvalue weighted by atomic mass is 10.1. The fourth-order valence-electron chi connectivity index (χ4n) is 5.08. The van der Waals surface area contributed by atoms with Gasteiger partial charge < -0.3 is 20.7 Å². The molecule has 13 heteroatoms. The van der Waals surface area contributed by atoms with Crippen LogP contribution in [0.3, 0.4) is 0 Å². The monoisotopic (exact) mass is 610 g/mol. The number of hydrogen-bond donors (Lipinski definition) is 3. The summed E-state index contributed by atoms with van der Waals surface area (Å²) in [4.78, 5) is 52.8. The van der Waals surface area contributed by atoms with Crippen molar-refractivity contribution in [1.29, 1.82) is 0 Å². The van der Waals surface area contributed by atoms with Crippen molar-refractivity contribution in [2.45, 2.75) is 73.9 Å². The normalized spacial score (nSPS) is 29.1. The van der Waals surface area contributed by atoms with Gasteiger partial charge in [-0.15, -0.1) is 0 Å². The Balaban J connectivity index is 1.59. The number of sulfonamides is 1. The summed E-state index contributed by atoms with van der Waals surface area (Å²) in [6.07, 6.45) is 5.92. The molecule has 4 unspecified atom stereocenters. The number of nitrogens with zero attached hydrogens (tertiary/aromatic N) is 1. The average molecular weight is 612 g/mol. The Morgan fingerprint density at radius 2 is 1.95 bits per heavy atom. The smallest absolute Gasteiger partial charge is 0.405 e. The first-order valence-electron chi connectivity index (χ1n) is 12.6. The van der Waals surface area contributed by atoms with E-state index in [-0.39, 0.29) is 17.9 Å². The second-order valence-corrected chi connectivity index (χ2v) is 12.4. The molecule has 1 saturated heterocycles. The Kier molecular flexibility index (Phi) is 8.46. The van der Waals surface area contributed by atoms with E-state index in [0.717, 1.165) is 12.8 Å². The van der Waals surface area contributed by atoms with E-state index in [9.17, 15) is 27.6 Å². The van der Waals surface area contributed by atoms with Crippen LogP contribution in [-0.4, -0.2) is 61.4 Å². The first-order chi connectivity index (χ1) is 18.0. The fourth-order valence-corrected chi connectivity index (χ4v) is 6.72. The SMILES string of the molecule is NC(=O)OC1CCCCC/C=C/C2CC2(C(=O)NS(=O)(=O)c2cccc(Br)c2)NC(=O)C2CCCN2C1=O. The van der Waals surface area contributed by atoms with Crippen LogP contribution in [0.4, 0.5) is 4.79 Å². The largest absolute Gasteiger partial charge is 0.436 e. The third kappa shape index (κ3) is 6.20. The Bertz CT molecular complexity index is 1250. The van der Waals surface area contributed by atoms with E-state index in [1.54, 1.807) is 6.07 Å². The summed E-state index contributed by atoms with van der Waals surface area (Å²) in [5.41, 5.74) is 3.73. The number of fused-ring (bicyclic) bond motifs is 2. The van der Waals surface area contributed by atoms with E-state index in [4.69, 9.17) is 10.5 Å². The van der Waals surface area contributed by atoms with Crippen molar-refractivity contribution in [3.8, 4) is 0 Å². The number of carbonyl (C=O) groups is 4. The molecule has 2 fully saturated rings. The van der Waals surface area contributed by atoms with Crippen LogP contribution in [0.2, 0.25) is 0 Å². The molecule has 0 bridgehead atoms. The maximum absolute atomic E-state index is 13.4. The number of halogens is 1. The first kappa shape index (κ1) is 28.1. The van der Waals surface area contributed by atoms with Gasteiger partial charge in [0, 0.05) is 16.9 Å². The fraction of sp³-hybridized carbons (Fsp3) is 0.520. The van der Waals surface area contributed by atoms with E-state index in [1.165, 1.54) is 23.1 Å². The van der Waals surface area contributed by atoms with Crippen molar-refractivity contribution in [3.05, 3.63) is 40.9 Å². The molecule has 1 aliphatic carbocycles. The maximum atomic E-state index is 13.4. The van der Waals surface area contributed by atoms with Crippen molar-refractivity contribution in [2.24, 2.45) is 11.7 Å². The zero-order valence-corrected chi connectivity index (χ0v) is 23.1. The van der Waals surface area contributed by atoms with E-state index in [2.05, 4.69) is 26.0 Å². The van der Waals surface area contributed by atoms with Crippen molar-refractivity contribution < 1.29 is 32.3 Å². The minimum atomic E-state index is -4.20. The number of nitrogens with two attached hydrogens (primary N) is 1. The lowest BCUT2D eigenvalue weighted by Crippen LogP contribution is -2.57. The standard InChI is InChI=1S/C25H31BrN4O7S/c26-17-9-6-10-18(14-17)38(35,36)29-23(33)25-15-16(25)8-4-2-1-3-5-12-20(37-24(27)34)22(32)30-13-7-11-19(30)21(31)28-25/h4,6,8-10,14,16,19-20H,1-3,5,7,11-13,15H2,(H2,27,34)(H,28,31)(H,29,33)/b8-4+. The molecule has 0 aromatic heterocycles. The number of allylic oxidation sites excluding steroid dienone is 1. The van der Waals surface area contributed by atoms with E-state index >= 15 is 0 Å². The predicted octanol–water partition coefficient (Wildman–Crippen LogP) is 2.10. The molecule has 1 saturated carbocycles. The lowest BCUT2D eigenvalue weighted by molar-refractivity contribution is -0.146. The van der Waals surface area contributed by atoms with Crippen molar-refractivity contribution in [2.75, 3.05) is 6.54 Å². The summed E-state index contributed by atoms with van der Waals surface area (Å²) < 4.78 is 33.6. The van der Waals surface area contributed by atoms with Crippen LogP contribution >= 0.6 is 15.9 Å². The summed E-state index contributed by atoms with van der Waals surface area (Å²) in [7, 11) is -4.20. The summed E-state index contributed by atoms with van der Waals surface area (Å²) in [6, 6.07) is 5.05. The molecule has 4 amide bonds. The Labute approximate surface area is 229 Å². The van der Waals surface area contributed by atoms with Gasteiger partial charge in [0.2, 0.25) is 5.91 Å². The topological polar surface area (TPSA) is 165 Å². The van der Waals surface area contributed by atoms with Gasteiger partial charge in [0.1, 0.15) is 11.6 Å². The van der Waals surface area contributed by atoms with Gasteiger partial charge in [-0.25, -0.2) is 17.9 Å². The zero-order chi connectivity index (χ0) is 27.5. The zero-order valence-electron chi connectivity index (χ0n) is 20.7. The highest BCUT2D eigenvalue weighted by atomic mass is 79.9. The second kappa shape index (κ2) is 11.4. The summed E-state index contributed by atoms with van der Waals surface area (Å²) in [6.45, 7) is 0.287. The third-order valence-electron chi connectivity index (χ3n) is 7.18. The van der Waals surface area contributed by atoms with Gasteiger partial charge in [0.15, 0.2) is 6.10 Å². The third-order valence-corrected chi connectivity index (χ3v) is 9.00. The number of primary amides is 1. The van der Waals surface area contributed by atoms with E-state index < -0.39 is 57.4 Å². The average Bonchev–Trinajstić information content (AvgIpc) is 3.31. The molecule has 1 aromatic rings. The van der Waals surface area contributed by atoms with Crippen LogP contribution in [0.5, 0.6) is 0 Å². The first-order valence-corrected chi connectivity index (χ1v) is 14.9. The molecule has 11 nitrogen and oxygen atoms in total. The Morgan fingerprint density at radius 3 is 2.68 bits per heavy atom. The quantitative estimate of drug-likeness (QED) is 0.439. The number of amides is 4. The van der Waals surface area contributed by atoms with E-state index in [0.29, 0.717) is 36.6 Å². The van der Waals surface area contributed by atoms with Crippen LogP contribution < -0.4 is 15.8 Å². The highest BCUT2D eigenvalue weighted by molar-refractivity contribution is 9.10. The molecule has 4 N–H and O–H groups in total. The Hall–Kier alpha value is -2.93. The number of hydrogen-bond acceptors (Lipinski definition) is 7. The summed E-state index contributed by atoms with van der Waals surface area (Å²) in [5.74, 6) is -2.30. The molecular weight excluding hydrogens is 580 g/mol. The van der Waals surface area contributed by atoms with Gasteiger partial charge in [-0.3, -0.25) is 14.4 Å². The molecule has 2 aliphatic heterocycles. The molecule has 38 heavy (non-hydrogen) atoms. The summed E-state index contributed by atoms with van der Waals surface area (Å²) >= 11 is 3.23. The molecule has 4 atom stereocenters. The number of carbonyl (C=O) groups excluding carboxylic acids is 4. The van der Waals surface area contributed by atoms with Crippen molar-refractivity contribution >= 4 is 49.8 Å². The van der Waals surface area contributed by atoms with Crippen LogP contribution in [0, 0.1) is 5.92 Å². The molecule has 0 radical (unpaired) electrons. The molecule has 1 aromatic carbocycles. The van der Waals surface area contributed by atoms with Crippen LogP contribution in [-0.2, 0) is 29.1 Å². The van der Waals surface area contributed by atoms with Crippen molar-refractivity contribution in [1.82, 2.24) is 14.9 Å². The molecule has 2 heterocycles. The lowest BCUT2D eigenvalue weighted by Gasteiger charge is -2.29. The number of nitrogens with one attached hydrogen (secondary N) is 2. The highest BCUT2D eigenvalue weighted by Gasteiger charge is 2.61. The predicted molar refractivity (Wildman–Crippen MR) is 140 cm³/mol. The molecule has 3 aliphatic rings. The summed E-state index contributed by atoms with van der Waals surface area (Å²) in [5, 5.41) is 2.77.